The van der Waals surface area contributed by atoms with E-state index in [-0.39, 0.29) is 5.54 Å². The molecule has 1 nitrogen and oxygen atoms in total. The molecule has 1 aliphatic rings. The van der Waals surface area contributed by atoms with Gasteiger partial charge >= 0.3 is 0 Å². The van der Waals surface area contributed by atoms with E-state index < -0.39 is 0 Å². The fraction of sp³-hybridized carbons (Fsp3) is 0.0625. The molecular weight excluding hydrogens is 478 g/mol. The van der Waals surface area contributed by atoms with Crippen molar-refractivity contribution in [2.24, 2.45) is 0 Å². The zero-order chi connectivity index (χ0) is 23.1. The van der Waals surface area contributed by atoms with E-state index in [1.165, 1.54) is 44.8 Å². The van der Waals surface area contributed by atoms with Crippen LogP contribution in [0, 0.1) is 0 Å². The molecule has 0 N–H and O–H groups in total. The monoisotopic (exact) mass is 501 g/mol. The highest BCUT2D eigenvalue weighted by Crippen LogP contribution is 2.54. The van der Waals surface area contributed by atoms with Crippen molar-refractivity contribution in [3.8, 4) is 22.3 Å². The van der Waals surface area contributed by atoms with E-state index in [2.05, 4.69) is 155 Å². The number of fused-ring (bicyclic) bond motifs is 3. The Kier molecular flexibility index (Phi) is 5.12. The van der Waals surface area contributed by atoms with Gasteiger partial charge in [-0.25, -0.2) is 0 Å². The number of nitrogens with zero attached hydrogens (tertiary/aromatic N) is 1. The van der Waals surface area contributed by atoms with Crippen molar-refractivity contribution < 1.29 is 0 Å². The summed E-state index contributed by atoms with van der Waals surface area (Å²) in [5.74, 6) is 0. The van der Waals surface area contributed by atoms with Gasteiger partial charge < -0.3 is 4.90 Å². The second-order valence-electron chi connectivity index (χ2n) is 8.89. The SMILES string of the molecule is CC1(c2ccccc2)c2ccccc2-c2cc(Br)ccc2N1c1ccc(-c2ccccc2)cc1. The molecule has 5 aromatic rings. The van der Waals surface area contributed by atoms with E-state index in [1.54, 1.807) is 0 Å². The molecule has 5 aromatic carbocycles. The van der Waals surface area contributed by atoms with Crippen LogP contribution >= 0.6 is 15.9 Å². The van der Waals surface area contributed by atoms with Gasteiger partial charge in [0.25, 0.3) is 0 Å². The molecule has 0 saturated heterocycles. The van der Waals surface area contributed by atoms with Gasteiger partial charge in [-0.2, -0.15) is 0 Å². The highest BCUT2D eigenvalue weighted by Gasteiger charge is 2.43. The maximum atomic E-state index is 3.71. The van der Waals surface area contributed by atoms with Crippen LogP contribution in [0.5, 0.6) is 0 Å². The summed E-state index contributed by atoms with van der Waals surface area (Å²) in [6, 6.07) is 45.8. The van der Waals surface area contributed by atoms with Crippen LogP contribution in [0.25, 0.3) is 22.3 Å². The van der Waals surface area contributed by atoms with Gasteiger partial charge in [-0.1, -0.05) is 113 Å². The Bertz CT molecular complexity index is 1460. The summed E-state index contributed by atoms with van der Waals surface area (Å²) in [4.78, 5) is 2.50. The van der Waals surface area contributed by atoms with Gasteiger partial charge in [0.2, 0.25) is 0 Å². The van der Waals surface area contributed by atoms with Crippen molar-refractivity contribution in [3.05, 3.63) is 143 Å². The minimum atomic E-state index is -0.368. The molecule has 2 heteroatoms. The molecule has 0 aliphatic carbocycles. The van der Waals surface area contributed by atoms with Crippen molar-refractivity contribution >= 4 is 27.3 Å². The summed E-state index contributed by atoms with van der Waals surface area (Å²) in [6.07, 6.45) is 0. The first kappa shape index (κ1) is 20.9. The second kappa shape index (κ2) is 8.30. The van der Waals surface area contributed by atoms with E-state index >= 15 is 0 Å². The van der Waals surface area contributed by atoms with Gasteiger partial charge in [-0.3, -0.25) is 0 Å². The summed E-state index contributed by atoms with van der Waals surface area (Å²) in [5.41, 5.74) is 9.56. The van der Waals surface area contributed by atoms with Gasteiger partial charge in [0.15, 0.2) is 0 Å². The smallest absolute Gasteiger partial charge is 0.0933 e. The molecule has 0 spiro atoms. The van der Waals surface area contributed by atoms with E-state index in [0.29, 0.717) is 0 Å². The van der Waals surface area contributed by atoms with Gasteiger partial charge in [0.1, 0.15) is 0 Å². The maximum absolute atomic E-state index is 3.71. The van der Waals surface area contributed by atoms with E-state index in [1.807, 2.05) is 0 Å². The van der Waals surface area contributed by atoms with Crippen LogP contribution in [0.3, 0.4) is 0 Å². The van der Waals surface area contributed by atoms with E-state index in [4.69, 9.17) is 0 Å². The highest BCUT2D eigenvalue weighted by molar-refractivity contribution is 9.10. The predicted molar refractivity (Wildman–Crippen MR) is 146 cm³/mol. The first-order valence-corrected chi connectivity index (χ1v) is 12.4. The normalized spacial score (nSPS) is 16.6. The van der Waals surface area contributed by atoms with Crippen LogP contribution < -0.4 is 4.90 Å². The molecule has 1 atom stereocenters. The number of halogens is 1. The van der Waals surface area contributed by atoms with Gasteiger partial charge in [0, 0.05) is 15.7 Å². The molecule has 6 rings (SSSR count). The summed E-state index contributed by atoms with van der Waals surface area (Å²) < 4.78 is 1.09. The summed E-state index contributed by atoms with van der Waals surface area (Å²) >= 11 is 3.71. The van der Waals surface area contributed by atoms with Crippen molar-refractivity contribution in [2.45, 2.75) is 12.5 Å². The molecule has 0 radical (unpaired) electrons. The number of anilines is 2. The largest absolute Gasteiger partial charge is 0.327 e. The molecule has 0 aromatic heterocycles. The van der Waals surface area contributed by atoms with Crippen LogP contribution in [-0.4, -0.2) is 0 Å². The molecular formula is C32H24BrN. The van der Waals surface area contributed by atoms with Gasteiger partial charge in [0.05, 0.1) is 11.2 Å². The Hall–Kier alpha value is -3.62. The van der Waals surface area contributed by atoms with Crippen molar-refractivity contribution in [1.82, 2.24) is 0 Å². The summed E-state index contributed by atoms with van der Waals surface area (Å²) in [6.45, 7) is 2.34. The molecule has 1 unspecified atom stereocenters. The average molecular weight is 502 g/mol. The number of rotatable bonds is 3. The molecule has 34 heavy (non-hydrogen) atoms. The minimum Gasteiger partial charge on any atom is -0.327 e. The summed E-state index contributed by atoms with van der Waals surface area (Å²) in [7, 11) is 0. The first-order chi connectivity index (χ1) is 16.7. The van der Waals surface area contributed by atoms with Gasteiger partial charge in [-0.05, 0) is 65.1 Å². The number of hydrogen-bond acceptors (Lipinski definition) is 1. The highest BCUT2D eigenvalue weighted by atomic mass is 79.9. The third-order valence-corrected chi connectivity index (χ3v) is 7.45. The van der Waals surface area contributed by atoms with Gasteiger partial charge in [-0.15, -0.1) is 0 Å². The zero-order valence-electron chi connectivity index (χ0n) is 18.9. The summed E-state index contributed by atoms with van der Waals surface area (Å²) in [5, 5.41) is 0. The Morgan fingerprint density at radius 3 is 1.94 bits per heavy atom. The van der Waals surface area contributed by atoms with Crippen LogP contribution in [0.4, 0.5) is 11.4 Å². The second-order valence-corrected chi connectivity index (χ2v) is 9.81. The van der Waals surface area contributed by atoms with Crippen LogP contribution in [0.15, 0.2) is 132 Å². The fourth-order valence-electron chi connectivity index (χ4n) is 5.30. The van der Waals surface area contributed by atoms with E-state index in [9.17, 15) is 0 Å². The van der Waals surface area contributed by atoms with Crippen molar-refractivity contribution in [3.63, 3.8) is 0 Å². The lowest BCUT2D eigenvalue weighted by Crippen LogP contribution is -2.44. The topological polar surface area (TPSA) is 3.24 Å². The Morgan fingerprint density at radius 2 is 1.21 bits per heavy atom. The fourth-order valence-corrected chi connectivity index (χ4v) is 5.66. The van der Waals surface area contributed by atoms with Crippen LogP contribution in [0.2, 0.25) is 0 Å². The van der Waals surface area contributed by atoms with E-state index in [0.717, 1.165) is 4.47 Å². The standard InChI is InChI=1S/C32H24BrN/c1-32(25-12-6-3-7-13-25)30-15-9-8-14-28(30)29-22-26(33)18-21-31(29)34(32)27-19-16-24(17-20-27)23-10-4-2-5-11-23/h2-22H,1H3. The lowest BCUT2D eigenvalue weighted by Gasteiger charge is -2.48. The third-order valence-electron chi connectivity index (χ3n) is 6.96. The lowest BCUT2D eigenvalue weighted by atomic mass is 9.75. The molecule has 0 bridgehead atoms. The number of hydrogen-bond donors (Lipinski definition) is 0. The van der Waals surface area contributed by atoms with Crippen LogP contribution in [-0.2, 0) is 5.54 Å². The van der Waals surface area contributed by atoms with Crippen molar-refractivity contribution in [1.29, 1.82) is 0 Å². The molecule has 0 saturated carbocycles. The molecule has 0 fully saturated rings. The van der Waals surface area contributed by atoms with Crippen LogP contribution in [0.1, 0.15) is 18.1 Å². The average Bonchev–Trinajstić information content (AvgIpc) is 2.90. The Labute approximate surface area is 209 Å². The lowest BCUT2D eigenvalue weighted by molar-refractivity contribution is 0.576. The Balaban J connectivity index is 1.60. The molecule has 1 aliphatic heterocycles. The predicted octanol–water partition coefficient (Wildman–Crippen LogP) is 9.20. The molecule has 164 valence electrons. The third kappa shape index (κ3) is 3.29. The Morgan fingerprint density at radius 1 is 0.588 bits per heavy atom. The molecule has 0 amide bonds. The number of benzene rings is 5. The molecule has 1 heterocycles. The minimum absolute atomic E-state index is 0.368. The first-order valence-electron chi connectivity index (χ1n) is 11.6. The zero-order valence-corrected chi connectivity index (χ0v) is 20.5. The quantitative estimate of drug-likeness (QED) is 0.238. The van der Waals surface area contributed by atoms with Crippen molar-refractivity contribution in [2.75, 3.05) is 4.90 Å². The maximum Gasteiger partial charge on any atom is 0.0933 e.